The van der Waals surface area contributed by atoms with Gasteiger partial charge in [0, 0.05) is 16.5 Å². The van der Waals surface area contributed by atoms with Crippen LogP contribution in [0.25, 0.3) is 0 Å². The molecule has 1 aliphatic carbocycles. The monoisotopic (exact) mass is 252 g/mol. The Hall–Kier alpha value is -0.630. The summed E-state index contributed by atoms with van der Waals surface area (Å²) in [6.07, 6.45) is 2.85. The first-order valence-electron chi connectivity index (χ1n) is 5.05. The molecular weight excluding hydrogens is 240 g/mol. The summed E-state index contributed by atoms with van der Waals surface area (Å²) in [6, 6.07) is 6.07. The number of carbonyl (C=O) groups excluding carboxylic acids is 1. The van der Waals surface area contributed by atoms with Crippen molar-refractivity contribution >= 4 is 21.7 Å². The first-order valence-corrected chi connectivity index (χ1v) is 5.84. The van der Waals surface area contributed by atoms with Crippen molar-refractivity contribution in [2.75, 3.05) is 0 Å². The van der Waals surface area contributed by atoms with Gasteiger partial charge < -0.3 is 0 Å². The molecule has 0 spiro atoms. The van der Waals surface area contributed by atoms with Gasteiger partial charge in [0.15, 0.2) is 5.78 Å². The Labute approximate surface area is 92.6 Å². The minimum absolute atomic E-state index is 0.297. The molecule has 1 nitrogen and oxygen atoms in total. The molecule has 0 saturated carbocycles. The number of carbonyl (C=O) groups is 1. The second-order valence-electron chi connectivity index (χ2n) is 3.80. The van der Waals surface area contributed by atoms with E-state index < -0.39 is 0 Å². The maximum atomic E-state index is 11.7. The van der Waals surface area contributed by atoms with Crippen molar-refractivity contribution in [3.05, 3.63) is 33.8 Å². The Morgan fingerprint density at radius 1 is 1.50 bits per heavy atom. The van der Waals surface area contributed by atoms with Crippen molar-refractivity contribution in [2.24, 2.45) is 0 Å². The zero-order valence-electron chi connectivity index (χ0n) is 8.22. The highest BCUT2D eigenvalue weighted by Crippen LogP contribution is 2.34. The highest BCUT2D eigenvalue weighted by molar-refractivity contribution is 9.10. The summed E-state index contributed by atoms with van der Waals surface area (Å²) in [4.78, 5) is 11.7. The molecule has 0 N–H and O–H groups in total. The van der Waals surface area contributed by atoms with Crippen molar-refractivity contribution in [3.8, 4) is 0 Å². The Morgan fingerprint density at radius 2 is 2.29 bits per heavy atom. The van der Waals surface area contributed by atoms with Gasteiger partial charge in [0.1, 0.15) is 0 Å². The van der Waals surface area contributed by atoms with Crippen LogP contribution in [0.5, 0.6) is 0 Å². The van der Waals surface area contributed by atoms with Crippen LogP contribution in [-0.2, 0) is 0 Å². The van der Waals surface area contributed by atoms with Crippen molar-refractivity contribution in [1.29, 1.82) is 0 Å². The van der Waals surface area contributed by atoms with Gasteiger partial charge in [-0.25, -0.2) is 0 Å². The molecule has 0 heterocycles. The summed E-state index contributed by atoms with van der Waals surface area (Å²) < 4.78 is 1.00. The predicted molar refractivity (Wildman–Crippen MR) is 60.7 cm³/mol. The smallest absolute Gasteiger partial charge is 0.163 e. The van der Waals surface area contributed by atoms with Crippen LogP contribution < -0.4 is 0 Å². The van der Waals surface area contributed by atoms with E-state index in [1.54, 1.807) is 0 Å². The van der Waals surface area contributed by atoms with Crippen LogP contribution in [0.3, 0.4) is 0 Å². The zero-order chi connectivity index (χ0) is 10.1. The Morgan fingerprint density at radius 3 is 3.00 bits per heavy atom. The lowest BCUT2D eigenvalue weighted by atomic mass is 9.81. The standard InChI is InChI=1S/C12H13BrO/c1-2-8-3-6-12(14)11-7-9(13)4-5-10(8)11/h4-5,7-8H,2-3,6H2,1H3. The predicted octanol–water partition coefficient (Wildman–Crippen LogP) is 3.92. The average molecular weight is 253 g/mol. The molecule has 2 heteroatoms. The summed E-state index contributed by atoms with van der Waals surface area (Å²) in [5.74, 6) is 0.877. The van der Waals surface area contributed by atoms with Gasteiger partial charge in [-0.05, 0) is 36.5 Å². The van der Waals surface area contributed by atoms with Crippen molar-refractivity contribution in [3.63, 3.8) is 0 Å². The summed E-state index contributed by atoms with van der Waals surface area (Å²) >= 11 is 3.41. The molecule has 0 saturated heterocycles. The number of Topliss-reactive ketones (excluding diaryl/α,β-unsaturated/α-hetero) is 1. The largest absolute Gasteiger partial charge is 0.294 e. The maximum absolute atomic E-state index is 11.7. The summed E-state index contributed by atoms with van der Waals surface area (Å²) in [5.41, 5.74) is 2.17. The lowest BCUT2D eigenvalue weighted by Crippen LogP contribution is -2.15. The molecule has 14 heavy (non-hydrogen) atoms. The van der Waals surface area contributed by atoms with Gasteiger partial charge in [-0.15, -0.1) is 0 Å². The van der Waals surface area contributed by atoms with Crippen molar-refractivity contribution in [1.82, 2.24) is 0 Å². The molecule has 1 aliphatic rings. The van der Waals surface area contributed by atoms with Gasteiger partial charge >= 0.3 is 0 Å². The number of ketones is 1. The summed E-state index contributed by atoms with van der Waals surface area (Å²) in [6.45, 7) is 2.19. The highest BCUT2D eigenvalue weighted by atomic mass is 79.9. The van der Waals surface area contributed by atoms with E-state index in [2.05, 4.69) is 28.9 Å². The summed E-state index contributed by atoms with van der Waals surface area (Å²) in [5, 5.41) is 0. The summed E-state index contributed by atoms with van der Waals surface area (Å²) in [7, 11) is 0. The molecule has 0 aromatic heterocycles. The van der Waals surface area contributed by atoms with Crippen LogP contribution in [0.4, 0.5) is 0 Å². The normalized spacial score (nSPS) is 20.7. The van der Waals surface area contributed by atoms with Gasteiger partial charge in [0.2, 0.25) is 0 Å². The lowest BCUT2D eigenvalue weighted by molar-refractivity contribution is 0.0966. The number of hydrogen-bond acceptors (Lipinski definition) is 1. The highest BCUT2D eigenvalue weighted by Gasteiger charge is 2.24. The molecule has 0 aliphatic heterocycles. The Kier molecular flexibility index (Phi) is 2.73. The third-order valence-electron chi connectivity index (χ3n) is 2.97. The average Bonchev–Trinajstić information content (AvgIpc) is 2.19. The van der Waals surface area contributed by atoms with Crippen LogP contribution in [0.2, 0.25) is 0 Å². The van der Waals surface area contributed by atoms with E-state index in [9.17, 15) is 4.79 Å². The lowest BCUT2D eigenvalue weighted by Gasteiger charge is -2.23. The molecule has 0 radical (unpaired) electrons. The van der Waals surface area contributed by atoms with Crippen LogP contribution in [0, 0.1) is 0 Å². The van der Waals surface area contributed by atoms with E-state index in [0.29, 0.717) is 18.1 Å². The fourth-order valence-electron chi connectivity index (χ4n) is 2.15. The molecule has 0 amide bonds. The Balaban J connectivity index is 2.51. The maximum Gasteiger partial charge on any atom is 0.163 e. The minimum atomic E-state index is 0.297. The third-order valence-corrected chi connectivity index (χ3v) is 3.46. The van der Waals surface area contributed by atoms with E-state index >= 15 is 0 Å². The molecule has 0 fully saturated rings. The number of hydrogen-bond donors (Lipinski definition) is 0. The minimum Gasteiger partial charge on any atom is -0.294 e. The number of benzene rings is 1. The number of halogens is 1. The molecule has 2 rings (SSSR count). The van der Waals surface area contributed by atoms with Crippen molar-refractivity contribution < 1.29 is 4.79 Å². The van der Waals surface area contributed by atoms with Gasteiger partial charge in [-0.3, -0.25) is 4.79 Å². The van der Waals surface area contributed by atoms with Gasteiger partial charge in [0.05, 0.1) is 0 Å². The van der Waals surface area contributed by atoms with E-state index in [1.807, 2.05) is 12.1 Å². The van der Waals surface area contributed by atoms with Crippen LogP contribution in [0.15, 0.2) is 22.7 Å². The topological polar surface area (TPSA) is 17.1 Å². The second-order valence-corrected chi connectivity index (χ2v) is 4.71. The molecule has 0 bridgehead atoms. The fourth-order valence-corrected chi connectivity index (χ4v) is 2.51. The van der Waals surface area contributed by atoms with Crippen LogP contribution in [0.1, 0.15) is 48.0 Å². The zero-order valence-corrected chi connectivity index (χ0v) is 9.80. The van der Waals surface area contributed by atoms with Crippen molar-refractivity contribution in [2.45, 2.75) is 32.1 Å². The first kappa shape index (κ1) is 9.91. The first-order chi connectivity index (χ1) is 6.72. The number of fused-ring (bicyclic) bond motifs is 1. The number of rotatable bonds is 1. The molecule has 74 valence electrons. The van der Waals surface area contributed by atoms with E-state index in [4.69, 9.17) is 0 Å². The third kappa shape index (κ3) is 1.63. The van der Waals surface area contributed by atoms with E-state index in [-0.39, 0.29) is 0 Å². The molecule has 1 atom stereocenters. The quantitative estimate of drug-likeness (QED) is 0.741. The molecule has 1 aromatic rings. The van der Waals surface area contributed by atoms with Gasteiger partial charge in [-0.2, -0.15) is 0 Å². The van der Waals surface area contributed by atoms with E-state index in [1.165, 1.54) is 5.56 Å². The van der Waals surface area contributed by atoms with Crippen LogP contribution >= 0.6 is 15.9 Å². The Bertz CT molecular complexity index is 371. The van der Waals surface area contributed by atoms with Gasteiger partial charge in [-0.1, -0.05) is 28.9 Å². The second kappa shape index (κ2) is 3.85. The molecule has 1 unspecified atom stereocenters. The SMILES string of the molecule is CCC1CCC(=O)c2cc(Br)ccc21. The fraction of sp³-hybridized carbons (Fsp3) is 0.417. The van der Waals surface area contributed by atoms with Gasteiger partial charge in [0.25, 0.3) is 0 Å². The van der Waals surface area contributed by atoms with E-state index in [0.717, 1.165) is 22.9 Å². The molecule has 1 aromatic carbocycles. The molecular formula is C12H13BrO. The van der Waals surface area contributed by atoms with Crippen LogP contribution in [-0.4, -0.2) is 5.78 Å².